The fourth-order valence-corrected chi connectivity index (χ4v) is 52.8. The van der Waals surface area contributed by atoms with E-state index in [1.54, 1.807) is 0 Å². The lowest BCUT2D eigenvalue weighted by Crippen LogP contribution is -2.72. The van der Waals surface area contributed by atoms with Gasteiger partial charge in [0.2, 0.25) is 0 Å². The van der Waals surface area contributed by atoms with Gasteiger partial charge >= 0.3 is 11.9 Å². The van der Waals surface area contributed by atoms with Crippen LogP contribution in [0.3, 0.4) is 0 Å². The summed E-state index contributed by atoms with van der Waals surface area (Å²) in [6.45, 7) is 75.9. The van der Waals surface area contributed by atoms with Crippen molar-refractivity contribution < 1.29 is 92.9 Å². The molecule has 3 aliphatic heterocycles. The van der Waals surface area contributed by atoms with E-state index in [1.165, 1.54) is 11.9 Å². The molecule has 8 aliphatic rings. The number of aldehydes is 1. The number of carboxylic acids is 2. The van der Waals surface area contributed by atoms with Gasteiger partial charge in [0, 0.05) is 0 Å². The Morgan fingerprint density at radius 1 is 0.392 bits per heavy atom. The highest BCUT2D eigenvalue weighted by atomic mass is 28.4. The molecule has 3 heterocycles. The van der Waals surface area contributed by atoms with Crippen LogP contribution in [-0.2, 0) is 82.6 Å². The fourth-order valence-electron chi connectivity index (χ4n) is 27.4. The van der Waals surface area contributed by atoms with E-state index in [0.717, 1.165) is 171 Å². The van der Waals surface area contributed by atoms with Crippen LogP contribution >= 0.6 is 0 Å². The molecule has 24 atom stereocenters. The quantitative estimate of drug-likeness (QED) is 0.0249. The van der Waals surface area contributed by atoms with Crippen LogP contribution in [0.1, 0.15) is 286 Å². The Balaban J connectivity index is 1.47. The maximum Gasteiger partial charge on any atom is 0.335 e. The summed E-state index contributed by atoms with van der Waals surface area (Å²) >= 11 is 0. The zero-order valence-corrected chi connectivity index (χ0v) is 98.2. The SMILES string of the molecule is CC[Si](CC)(CC)OC[C@H]1O[C@H](O[C@H]2[C@H](O[C@H]3CC[C@@]4(C)C(CC[C@]5(C)C4CC=C4C6CC(C)(C)CC[C@]6(C(=O)O)[C@H](O[Si](CC)(CC)CC)C[C@]45C)[C@]3(C)C=O)O[C@H](C(=O)O)[C@@H](O[Si](CC)(CC)CC)[C@@H]2O[C@@H]2OC[C@@H](O[Si](CC)(CC)CC)[C@H](O[Si](CC)(CC)CC)[C@H]2O[Si](CC)(CC)CC)[C@H](O[Si](CC)(CC)CC)[C@@H](O[Si](CC)(CC)CC)[C@H]1O[Si](CC)(CC)CC. The molecule has 0 bridgehead atoms. The van der Waals surface area contributed by atoms with Crippen molar-refractivity contribution in [1.29, 1.82) is 0 Å². The largest absolute Gasteiger partial charge is 0.481 e. The van der Waals surface area contributed by atoms with Crippen molar-refractivity contribution in [2.24, 2.45) is 50.2 Å². The molecule has 20 nitrogen and oxygen atoms in total. The third-order valence-corrected chi connectivity index (χ3v) is 81.4. The summed E-state index contributed by atoms with van der Waals surface area (Å²) < 4.78 is 121. The molecule has 0 aromatic heterocycles. The van der Waals surface area contributed by atoms with Gasteiger partial charge in [0.05, 0.1) is 42.4 Å². The maximum atomic E-state index is 15.7. The summed E-state index contributed by atoms with van der Waals surface area (Å²) in [5.74, 6) is -2.27. The second-order valence-electron chi connectivity index (χ2n) is 43.9. The van der Waals surface area contributed by atoms with Gasteiger partial charge in [-0.15, -0.1) is 0 Å². The van der Waals surface area contributed by atoms with Gasteiger partial charge in [0.15, 0.2) is 99.8 Å². The molecule has 0 aromatic rings. The Bertz CT molecular complexity index is 3460. The topological polar surface area (TPSA) is 230 Å². The number of carboxylic acid groups (broad SMARTS) is 2. The van der Waals surface area contributed by atoms with Crippen molar-refractivity contribution in [2.45, 2.75) is 548 Å². The van der Waals surface area contributed by atoms with Gasteiger partial charge in [-0.1, -0.05) is 240 Å². The summed E-state index contributed by atoms with van der Waals surface area (Å²) in [6, 6.07) is 23.1. The first kappa shape index (κ1) is 115. The van der Waals surface area contributed by atoms with Crippen molar-refractivity contribution in [3.05, 3.63) is 11.6 Å². The molecule has 3 saturated heterocycles. The van der Waals surface area contributed by atoms with E-state index in [1.807, 2.05) is 0 Å². The molecule has 0 radical (unpaired) electrons. The standard InChI is InChI=1S/C101H198O20Si9/c1-34-122(35-2,36-3)108-72-76-82(116-125(43-10,44-11)45-12)85(118-127(49-16,50-17)51-18)90(121-130(58-25,59-26)60-27)94(109-76)113-88-84(111-92-89(120-129(55-22,56-23)57-24)83(117-126(46-13,47-14)48-15)77(71-107-92)114-123(37-4,38-5)39-6)86(119-128(52-19,53-20)54-21)87(91(103)104)112-93(88)110-80-64-65-97(30)78(98(80,31)73-102)63-66-99(32)79(97)62-61-74-75-69-96(28,29)67-68-101(75,95(105)106)81(70-100(74,99)33)115-124(40-7,41-8)42-9/h61,73,75-90,92-94H,34-60,62-72H2,1-33H3,(H,103,104)(H,105,106)/t75?,76-,77-,78?,79?,80+,81-,82+,83+,84+,85+,86+,87+,88-,89-,90-,92+,93-,94-,97+,98+,99-,100-,101-/m1/s1. The Kier molecular flexibility index (Phi) is 41.8. The monoisotopic (exact) mass is 1980 g/mol. The lowest BCUT2D eigenvalue weighted by atomic mass is 9.33. The number of allylic oxidation sites excluding steroid dienone is 2. The van der Waals surface area contributed by atoms with Gasteiger partial charge in [-0.05, 0) is 260 Å². The molecule has 2 N–H and O–H groups in total. The molecular weight excluding hydrogens is 1790 g/mol. The lowest BCUT2D eigenvalue weighted by Gasteiger charge is -2.72. The first-order valence-corrected chi connectivity index (χ1v) is 76.9. The smallest absolute Gasteiger partial charge is 0.335 e. The molecule has 5 aliphatic carbocycles. The minimum absolute atomic E-state index is 0.0677. The van der Waals surface area contributed by atoms with E-state index in [-0.39, 0.29) is 41.8 Å². The van der Waals surface area contributed by atoms with Gasteiger partial charge in [-0.2, -0.15) is 0 Å². The van der Waals surface area contributed by atoms with Crippen LogP contribution in [0.2, 0.25) is 163 Å². The van der Waals surface area contributed by atoms with Crippen molar-refractivity contribution in [3.8, 4) is 0 Å². The molecule has 8 rings (SSSR count). The van der Waals surface area contributed by atoms with Gasteiger partial charge in [-0.25, -0.2) is 4.79 Å². The van der Waals surface area contributed by atoms with Crippen molar-refractivity contribution in [1.82, 2.24) is 0 Å². The van der Waals surface area contributed by atoms with Gasteiger partial charge in [-0.3, -0.25) is 4.79 Å². The number of aliphatic carboxylic acids is 2. The number of ether oxygens (including phenoxy) is 6. The number of fused-ring (bicyclic) bond motifs is 7. The summed E-state index contributed by atoms with van der Waals surface area (Å²) in [5.41, 5.74) is -2.16. The van der Waals surface area contributed by atoms with Crippen molar-refractivity contribution in [2.75, 3.05) is 13.2 Å². The summed E-state index contributed by atoms with van der Waals surface area (Å²) in [5, 5.41) is 24.7. The van der Waals surface area contributed by atoms with Gasteiger partial charge < -0.3 is 83.3 Å². The second kappa shape index (κ2) is 47.3. The minimum Gasteiger partial charge on any atom is -0.481 e. The third-order valence-electron chi connectivity index (χ3n) is 39.6. The maximum absolute atomic E-state index is 15.7. The highest BCUT2D eigenvalue weighted by Crippen LogP contribution is 2.77. The van der Waals surface area contributed by atoms with Crippen molar-refractivity contribution in [3.63, 3.8) is 0 Å². The lowest BCUT2D eigenvalue weighted by molar-refractivity contribution is -0.387. The molecule has 0 aromatic carbocycles. The van der Waals surface area contributed by atoms with E-state index in [4.69, 9.17) is 68.3 Å². The number of carbonyl (C=O) groups excluding carboxylic acids is 1. The Morgan fingerprint density at radius 2 is 0.785 bits per heavy atom. The highest BCUT2D eigenvalue weighted by Gasteiger charge is 2.74. The minimum atomic E-state index is -2.96. The average Bonchev–Trinajstić information content (AvgIpc) is 0.667. The summed E-state index contributed by atoms with van der Waals surface area (Å²) in [7, 11) is -23.5. The predicted molar refractivity (Wildman–Crippen MR) is 551 cm³/mol. The van der Waals surface area contributed by atoms with Crippen LogP contribution in [-0.4, -0.2) is 215 Å². The van der Waals surface area contributed by atoms with Crippen LogP contribution in [0.4, 0.5) is 0 Å². The predicted octanol–water partition coefficient (Wildman–Crippen LogP) is 26.9. The van der Waals surface area contributed by atoms with Gasteiger partial charge in [0.25, 0.3) is 0 Å². The number of hydrogen-bond donors (Lipinski definition) is 2. The van der Waals surface area contributed by atoms with Crippen LogP contribution < -0.4 is 0 Å². The zero-order valence-electron chi connectivity index (χ0n) is 89.2. The van der Waals surface area contributed by atoms with E-state index >= 15 is 9.59 Å². The van der Waals surface area contributed by atoms with E-state index in [2.05, 4.69) is 235 Å². The fraction of sp³-hybridized carbons (Fsp3) is 0.950. The first-order valence-electron chi connectivity index (χ1n) is 54.1. The Morgan fingerprint density at radius 3 is 1.22 bits per heavy atom. The van der Waals surface area contributed by atoms with Crippen LogP contribution in [0, 0.1) is 50.2 Å². The number of hydrogen-bond acceptors (Lipinski definition) is 18. The van der Waals surface area contributed by atoms with Crippen LogP contribution in [0.25, 0.3) is 0 Å². The van der Waals surface area contributed by atoms with Crippen LogP contribution in [0.15, 0.2) is 11.6 Å². The van der Waals surface area contributed by atoms with E-state index < -0.39 is 207 Å². The van der Waals surface area contributed by atoms with E-state index in [9.17, 15) is 15.0 Å². The average molecular weight is 1990 g/mol. The number of rotatable bonds is 55. The molecule has 758 valence electrons. The molecule has 130 heavy (non-hydrogen) atoms. The first-order chi connectivity index (χ1) is 61.5. The summed E-state index contributed by atoms with van der Waals surface area (Å²) in [6.07, 6.45) is -6.24. The zero-order chi connectivity index (χ0) is 97.1. The Hall–Kier alpha value is -0.298. The molecule has 29 heteroatoms. The Labute approximate surface area is 803 Å². The summed E-state index contributed by atoms with van der Waals surface area (Å²) in [4.78, 5) is 45.9. The van der Waals surface area contributed by atoms with Crippen LogP contribution in [0.5, 0.6) is 0 Å². The van der Waals surface area contributed by atoms with E-state index in [0.29, 0.717) is 50.2 Å². The third kappa shape index (κ3) is 22.2. The van der Waals surface area contributed by atoms with Gasteiger partial charge in [0.1, 0.15) is 61.2 Å². The molecule has 0 amide bonds. The molecule has 3 unspecified atom stereocenters. The molecular formula is C101H198O20Si9. The molecule has 4 saturated carbocycles. The highest BCUT2D eigenvalue weighted by molar-refractivity contribution is 6.77. The molecule has 7 fully saturated rings. The van der Waals surface area contributed by atoms with Crippen molar-refractivity contribution >= 4 is 93.1 Å². The second-order valence-corrected chi connectivity index (χ2v) is 86.4. The number of carbonyl (C=O) groups is 3. The normalized spacial score (nSPS) is 34.9. The molecule has 0 spiro atoms.